The molecule has 0 aromatic carbocycles. The van der Waals surface area contributed by atoms with Crippen LogP contribution >= 0.6 is 0 Å². The van der Waals surface area contributed by atoms with Crippen molar-refractivity contribution in [3.05, 3.63) is 42.4 Å². The van der Waals surface area contributed by atoms with E-state index in [1.165, 1.54) is 18.4 Å². The van der Waals surface area contributed by atoms with Crippen LogP contribution in [0.5, 0.6) is 5.75 Å². The first-order valence-corrected chi connectivity index (χ1v) is 9.48. The van der Waals surface area contributed by atoms with Crippen LogP contribution in [-0.4, -0.2) is 61.2 Å². The lowest BCUT2D eigenvalue weighted by atomic mass is 10.2. The van der Waals surface area contributed by atoms with E-state index in [0.29, 0.717) is 0 Å². The normalized spacial score (nSPS) is 18.3. The average molecular weight is 353 g/mol. The maximum absolute atomic E-state index is 5.44. The minimum atomic E-state index is 0.850. The third kappa shape index (κ3) is 3.75. The molecule has 0 spiro atoms. The van der Waals surface area contributed by atoms with Crippen molar-refractivity contribution in [2.75, 3.05) is 56.2 Å². The van der Waals surface area contributed by atoms with Crippen LogP contribution in [0.4, 0.5) is 11.5 Å². The summed E-state index contributed by atoms with van der Waals surface area (Å²) in [5.74, 6) is 1.98. The number of aromatic nitrogens is 2. The molecule has 6 heteroatoms. The summed E-state index contributed by atoms with van der Waals surface area (Å²) >= 11 is 0. The highest BCUT2D eigenvalue weighted by Gasteiger charge is 2.20. The molecular weight excluding hydrogens is 326 g/mol. The summed E-state index contributed by atoms with van der Waals surface area (Å²) in [5, 5.41) is 0. The van der Waals surface area contributed by atoms with Crippen LogP contribution in [0.2, 0.25) is 0 Å². The first-order chi connectivity index (χ1) is 12.8. The average Bonchev–Trinajstić information content (AvgIpc) is 3.24. The highest BCUT2D eigenvalue weighted by Crippen LogP contribution is 2.27. The fourth-order valence-electron chi connectivity index (χ4n) is 3.84. The zero-order chi connectivity index (χ0) is 17.8. The van der Waals surface area contributed by atoms with Gasteiger partial charge in [-0.3, -0.25) is 9.88 Å². The third-order valence-corrected chi connectivity index (χ3v) is 5.34. The summed E-state index contributed by atoms with van der Waals surface area (Å²) < 4.78 is 5.44. The lowest BCUT2D eigenvalue weighted by molar-refractivity contribution is 0.249. The molecule has 0 saturated carbocycles. The molecule has 6 nitrogen and oxygen atoms in total. The highest BCUT2D eigenvalue weighted by molar-refractivity contribution is 5.57. The van der Waals surface area contributed by atoms with Crippen molar-refractivity contribution in [2.24, 2.45) is 0 Å². The topological polar surface area (TPSA) is 44.7 Å². The van der Waals surface area contributed by atoms with E-state index in [1.807, 2.05) is 18.5 Å². The Labute approximate surface area is 155 Å². The minimum absolute atomic E-state index is 0.850. The lowest BCUT2D eigenvalue weighted by Gasteiger charge is -2.36. The van der Waals surface area contributed by atoms with Crippen LogP contribution in [0.1, 0.15) is 18.4 Å². The maximum Gasteiger partial charge on any atom is 0.160 e. The van der Waals surface area contributed by atoms with Crippen molar-refractivity contribution in [1.82, 2.24) is 14.9 Å². The summed E-state index contributed by atoms with van der Waals surface area (Å²) in [4.78, 5) is 16.1. The Hall–Kier alpha value is -2.34. The summed E-state index contributed by atoms with van der Waals surface area (Å²) in [6.45, 7) is 7.34. The van der Waals surface area contributed by atoms with Crippen molar-refractivity contribution in [2.45, 2.75) is 19.4 Å². The fourth-order valence-corrected chi connectivity index (χ4v) is 3.84. The molecule has 2 aromatic heterocycles. The Morgan fingerprint density at radius 3 is 2.42 bits per heavy atom. The van der Waals surface area contributed by atoms with Gasteiger partial charge in [0.25, 0.3) is 0 Å². The molecule has 26 heavy (non-hydrogen) atoms. The second-order valence-electron chi connectivity index (χ2n) is 7.03. The van der Waals surface area contributed by atoms with E-state index in [9.17, 15) is 0 Å². The van der Waals surface area contributed by atoms with E-state index in [2.05, 4.69) is 36.8 Å². The molecule has 0 amide bonds. The zero-order valence-corrected chi connectivity index (χ0v) is 15.5. The van der Waals surface area contributed by atoms with Gasteiger partial charge in [-0.05, 0) is 30.5 Å². The van der Waals surface area contributed by atoms with E-state index in [0.717, 1.165) is 63.1 Å². The second kappa shape index (κ2) is 7.91. The first kappa shape index (κ1) is 17.1. The Morgan fingerprint density at radius 2 is 1.73 bits per heavy atom. The SMILES string of the molecule is COc1cnccc1N1CCN(Cc2ccc(N3CCCC3)nc2)CC1. The van der Waals surface area contributed by atoms with Gasteiger partial charge in [0.05, 0.1) is 19.0 Å². The van der Waals surface area contributed by atoms with E-state index in [-0.39, 0.29) is 0 Å². The second-order valence-corrected chi connectivity index (χ2v) is 7.03. The number of anilines is 2. The van der Waals surface area contributed by atoms with Gasteiger partial charge in [-0.2, -0.15) is 0 Å². The summed E-state index contributed by atoms with van der Waals surface area (Å²) in [5.41, 5.74) is 2.43. The van der Waals surface area contributed by atoms with Crippen molar-refractivity contribution in [3.63, 3.8) is 0 Å². The molecule has 2 aliphatic heterocycles. The van der Waals surface area contributed by atoms with Gasteiger partial charge in [-0.1, -0.05) is 6.07 Å². The quantitative estimate of drug-likeness (QED) is 0.823. The number of hydrogen-bond acceptors (Lipinski definition) is 6. The summed E-state index contributed by atoms with van der Waals surface area (Å²) in [6.07, 6.45) is 8.24. The minimum Gasteiger partial charge on any atom is -0.493 e. The fraction of sp³-hybridized carbons (Fsp3) is 0.500. The van der Waals surface area contributed by atoms with Crippen LogP contribution in [0, 0.1) is 0 Å². The van der Waals surface area contributed by atoms with E-state index in [1.54, 1.807) is 13.3 Å². The third-order valence-electron chi connectivity index (χ3n) is 5.34. The molecule has 2 aromatic rings. The largest absolute Gasteiger partial charge is 0.493 e. The van der Waals surface area contributed by atoms with E-state index in [4.69, 9.17) is 4.74 Å². The molecule has 4 rings (SSSR count). The Bertz CT molecular complexity index is 706. The van der Waals surface area contributed by atoms with Crippen LogP contribution in [-0.2, 0) is 6.54 Å². The van der Waals surface area contributed by atoms with E-state index < -0.39 is 0 Å². The summed E-state index contributed by atoms with van der Waals surface area (Å²) in [6, 6.07) is 6.45. The molecule has 0 atom stereocenters. The van der Waals surface area contributed by atoms with Crippen molar-refractivity contribution >= 4 is 11.5 Å². The lowest BCUT2D eigenvalue weighted by Crippen LogP contribution is -2.46. The molecule has 2 fully saturated rings. The number of piperazine rings is 1. The molecule has 0 bridgehead atoms. The van der Waals surface area contributed by atoms with Gasteiger partial charge >= 0.3 is 0 Å². The van der Waals surface area contributed by atoms with E-state index >= 15 is 0 Å². The Morgan fingerprint density at radius 1 is 0.923 bits per heavy atom. The predicted octanol–water partition coefficient (Wildman–Crippen LogP) is 2.41. The van der Waals surface area contributed by atoms with Gasteiger partial charge in [0.1, 0.15) is 5.82 Å². The monoisotopic (exact) mass is 353 g/mol. The van der Waals surface area contributed by atoms with Gasteiger partial charge in [-0.25, -0.2) is 4.98 Å². The molecular formula is C20H27N5O. The molecule has 2 aliphatic rings. The zero-order valence-electron chi connectivity index (χ0n) is 15.5. The van der Waals surface area contributed by atoms with Gasteiger partial charge in [0.15, 0.2) is 5.75 Å². The number of nitrogens with zero attached hydrogens (tertiary/aromatic N) is 5. The molecule has 0 unspecified atom stereocenters. The highest BCUT2D eigenvalue weighted by atomic mass is 16.5. The maximum atomic E-state index is 5.44. The van der Waals surface area contributed by atoms with Crippen molar-refractivity contribution < 1.29 is 4.74 Å². The molecule has 138 valence electrons. The molecule has 0 radical (unpaired) electrons. The summed E-state index contributed by atoms with van der Waals surface area (Å²) in [7, 11) is 1.70. The number of hydrogen-bond donors (Lipinski definition) is 0. The standard InChI is InChI=1S/C20H27N5O/c1-26-19-15-21-7-6-18(19)24-12-10-23(11-13-24)16-17-4-5-20(22-14-17)25-8-2-3-9-25/h4-7,14-15H,2-3,8-13,16H2,1H3. The first-order valence-electron chi connectivity index (χ1n) is 9.48. The number of pyridine rings is 2. The smallest absolute Gasteiger partial charge is 0.160 e. The van der Waals surface area contributed by atoms with Crippen molar-refractivity contribution in [1.29, 1.82) is 0 Å². The van der Waals surface area contributed by atoms with Crippen LogP contribution in [0.25, 0.3) is 0 Å². The van der Waals surface area contributed by atoms with Gasteiger partial charge < -0.3 is 14.5 Å². The van der Waals surface area contributed by atoms with Crippen LogP contribution in [0.15, 0.2) is 36.8 Å². The number of rotatable bonds is 5. The molecule has 0 N–H and O–H groups in total. The molecule has 0 aliphatic carbocycles. The Kier molecular flexibility index (Phi) is 5.20. The number of methoxy groups -OCH3 is 1. The van der Waals surface area contributed by atoms with Gasteiger partial charge in [0.2, 0.25) is 0 Å². The van der Waals surface area contributed by atoms with Gasteiger partial charge in [0, 0.05) is 58.2 Å². The Balaban J connectivity index is 1.32. The predicted molar refractivity (Wildman–Crippen MR) is 104 cm³/mol. The van der Waals surface area contributed by atoms with Gasteiger partial charge in [-0.15, -0.1) is 0 Å². The molecule has 4 heterocycles. The molecule has 2 saturated heterocycles. The number of ether oxygens (including phenoxy) is 1. The van der Waals surface area contributed by atoms with Crippen molar-refractivity contribution in [3.8, 4) is 5.75 Å². The van der Waals surface area contributed by atoms with Crippen LogP contribution < -0.4 is 14.5 Å². The van der Waals surface area contributed by atoms with Crippen LogP contribution in [0.3, 0.4) is 0 Å².